The number of nitrogens with one attached hydrogen (secondary N) is 1. The van der Waals surface area contributed by atoms with Crippen molar-refractivity contribution in [3.63, 3.8) is 0 Å². The highest BCUT2D eigenvalue weighted by Crippen LogP contribution is 2.32. The lowest BCUT2D eigenvalue weighted by Crippen LogP contribution is -2.36. The minimum Gasteiger partial charge on any atom is -0.435 e. The highest BCUT2D eigenvalue weighted by molar-refractivity contribution is 5.92. The summed E-state index contributed by atoms with van der Waals surface area (Å²) >= 11 is 0. The first-order valence-electron chi connectivity index (χ1n) is 12.8. The predicted molar refractivity (Wildman–Crippen MR) is 134 cm³/mol. The number of carbonyl (C=O) groups excluding carboxylic acids is 1. The molecule has 1 saturated heterocycles. The van der Waals surface area contributed by atoms with E-state index in [0.29, 0.717) is 31.3 Å². The number of rotatable bonds is 9. The zero-order valence-corrected chi connectivity index (χ0v) is 21.4. The molecule has 11 nitrogen and oxygen atoms in total. The normalized spacial score (nSPS) is 19.9. The van der Waals surface area contributed by atoms with Gasteiger partial charge < -0.3 is 19.5 Å². The zero-order valence-electron chi connectivity index (χ0n) is 21.4. The number of ether oxygens (including phenoxy) is 3. The van der Waals surface area contributed by atoms with Gasteiger partial charge in [0.2, 0.25) is 0 Å². The van der Waals surface area contributed by atoms with Gasteiger partial charge in [0.1, 0.15) is 12.1 Å². The van der Waals surface area contributed by atoms with Gasteiger partial charge in [-0.2, -0.15) is 10.2 Å². The van der Waals surface area contributed by atoms with Crippen LogP contribution in [0.15, 0.2) is 47.7 Å². The molecule has 2 unspecified atom stereocenters. The average Bonchev–Trinajstić information content (AvgIpc) is 3.62. The summed E-state index contributed by atoms with van der Waals surface area (Å²) in [6.07, 6.45) is 8.92. The standard InChI is InChI=1S/C26H31FN6O5/c1-26(2)36-16-19(38-26)15-32-11-9-22(31-32)30-24(35)21(12-17-6-3-4-7-17)33-23(34)13-18(14-29-33)37-25-20(27)8-5-10-28-25/h5,8-11,13-14,17,19,21H,3-4,6-7,12,15-16H2,1-2H3,(H,30,31,35). The molecular formula is C26H31FN6O5. The summed E-state index contributed by atoms with van der Waals surface area (Å²) < 4.78 is 33.6. The number of hydrogen-bond acceptors (Lipinski definition) is 8. The van der Waals surface area contributed by atoms with Crippen LogP contribution in [0.1, 0.15) is 52.0 Å². The molecule has 2 atom stereocenters. The minimum absolute atomic E-state index is 0.0314. The predicted octanol–water partition coefficient (Wildman–Crippen LogP) is 3.68. The monoisotopic (exact) mass is 526 g/mol. The summed E-state index contributed by atoms with van der Waals surface area (Å²) in [5.41, 5.74) is -0.538. The van der Waals surface area contributed by atoms with Crippen LogP contribution in [0.3, 0.4) is 0 Å². The number of aromatic nitrogens is 5. The van der Waals surface area contributed by atoms with E-state index < -0.39 is 23.2 Å². The highest BCUT2D eigenvalue weighted by atomic mass is 19.1. The molecular weight excluding hydrogens is 495 g/mol. The van der Waals surface area contributed by atoms with Gasteiger partial charge in [-0.3, -0.25) is 14.3 Å². The topological polar surface area (TPSA) is 122 Å². The van der Waals surface area contributed by atoms with Gasteiger partial charge in [-0.25, -0.2) is 14.1 Å². The highest BCUT2D eigenvalue weighted by Gasteiger charge is 2.33. The van der Waals surface area contributed by atoms with Crippen molar-refractivity contribution in [3.05, 3.63) is 59.0 Å². The third kappa shape index (κ3) is 6.25. The van der Waals surface area contributed by atoms with Crippen LogP contribution in [-0.2, 0) is 20.8 Å². The number of pyridine rings is 1. The minimum atomic E-state index is -0.844. The Hall–Kier alpha value is -3.64. The van der Waals surface area contributed by atoms with Crippen LogP contribution in [0.5, 0.6) is 11.6 Å². The molecule has 5 rings (SSSR count). The lowest BCUT2D eigenvalue weighted by Gasteiger charge is -2.21. The number of halogens is 1. The summed E-state index contributed by atoms with van der Waals surface area (Å²) in [7, 11) is 0. The number of carbonyl (C=O) groups is 1. The molecule has 0 radical (unpaired) electrons. The van der Waals surface area contributed by atoms with Crippen molar-refractivity contribution in [2.45, 2.75) is 70.4 Å². The maximum absolute atomic E-state index is 13.9. The fraction of sp³-hybridized carbons (Fsp3) is 0.500. The molecule has 1 aliphatic carbocycles. The van der Waals surface area contributed by atoms with Crippen LogP contribution in [0.4, 0.5) is 10.2 Å². The molecule has 4 heterocycles. The van der Waals surface area contributed by atoms with Gasteiger partial charge >= 0.3 is 0 Å². The Morgan fingerprint density at radius 3 is 2.84 bits per heavy atom. The van der Waals surface area contributed by atoms with Crippen molar-refractivity contribution < 1.29 is 23.4 Å². The van der Waals surface area contributed by atoms with Gasteiger partial charge in [0, 0.05) is 24.5 Å². The van der Waals surface area contributed by atoms with Crippen molar-refractivity contribution >= 4 is 11.7 Å². The van der Waals surface area contributed by atoms with E-state index in [-0.39, 0.29) is 23.6 Å². The van der Waals surface area contributed by atoms with Crippen molar-refractivity contribution in [2.24, 2.45) is 5.92 Å². The number of nitrogens with zero attached hydrogens (tertiary/aromatic N) is 5. The van der Waals surface area contributed by atoms with Crippen LogP contribution in [0.2, 0.25) is 0 Å². The Balaban J connectivity index is 1.30. The van der Waals surface area contributed by atoms with Crippen LogP contribution >= 0.6 is 0 Å². The van der Waals surface area contributed by atoms with Gasteiger partial charge in [0.15, 0.2) is 23.2 Å². The average molecular weight is 527 g/mol. The molecule has 12 heteroatoms. The first-order chi connectivity index (χ1) is 18.3. The summed E-state index contributed by atoms with van der Waals surface area (Å²) in [6.45, 7) is 4.65. The maximum atomic E-state index is 13.9. The Kier molecular flexibility index (Phi) is 7.52. The number of amides is 1. The molecule has 1 N–H and O–H groups in total. The second-order valence-corrected chi connectivity index (χ2v) is 10.1. The molecule has 3 aromatic heterocycles. The van der Waals surface area contributed by atoms with Crippen LogP contribution < -0.4 is 15.6 Å². The third-order valence-corrected chi connectivity index (χ3v) is 6.72. The number of anilines is 1. The molecule has 0 bridgehead atoms. The lowest BCUT2D eigenvalue weighted by molar-refractivity contribution is -0.139. The number of hydrogen-bond donors (Lipinski definition) is 1. The van der Waals surface area contributed by atoms with Crippen LogP contribution in [0, 0.1) is 11.7 Å². The molecule has 2 aliphatic rings. The van der Waals surface area contributed by atoms with Gasteiger partial charge in [0.05, 0.1) is 19.3 Å². The summed E-state index contributed by atoms with van der Waals surface area (Å²) in [4.78, 5) is 30.3. The molecule has 1 amide bonds. The largest absolute Gasteiger partial charge is 0.435 e. The van der Waals surface area contributed by atoms with E-state index in [4.69, 9.17) is 14.2 Å². The SMILES string of the molecule is CC1(C)OCC(Cn2ccc(NC(=O)C(CC3CCCC3)n3ncc(Oc4ncccc4F)cc3=O)n2)O1. The van der Waals surface area contributed by atoms with E-state index in [2.05, 4.69) is 20.5 Å². The first-order valence-corrected chi connectivity index (χ1v) is 12.8. The van der Waals surface area contributed by atoms with Crippen molar-refractivity contribution in [1.29, 1.82) is 0 Å². The van der Waals surface area contributed by atoms with Crippen molar-refractivity contribution in [3.8, 4) is 11.6 Å². The molecule has 38 heavy (non-hydrogen) atoms. The Morgan fingerprint density at radius 2 is 2.13 bits per heavy atom. The van der Waals surface area contributed by atoms with E-state index >= 15 is 0 Å². The molecule has 0 spiro atoms. The fourth-order valence-electron chi connectivity index (χ4n) is 4.93. The second kappa shape index (κ2) is 11.0. The van der Waals surface area contributed by atoms with E-state index in [9.17, 15) is 14.0 Å². The second-order valence-electron chi connectivity index (χ2n) is 10.1. The molecule has 2 fully saturated rings. The Bertz CT molecular complexity index is 1340. The van der Waals surface area contributed by atoms with Crippen molar-refractivity contribution in [2.75, 3.05) is 11.9 Å². The fourth-order valence-corrected chi connectivity index (χ4v) is 4.93. The molecule has 202 valence electrons. The van der Waals surface area contributed by atoms with Crippen molar-refractivity contribution in [1.82, 2.24) is 24.5 Å². The molecule has 0 aromatic carbocycles. The summed E-state index contributed by atoms with van der Waals surface area (Å²) in [5.74, 6) is -1.24. The molecule has 1 saturated carbocycles. The summed E-state index contributed by atoms with van der Waals surface area (Å²) in [6, 6.07) is 4.67. The Labute approximate surface area is 218 Å². The lowest BCUT2D eigenvalue weighted by atomic mass is 9.98. The van der Waals surface area contributed by atoms with Crippen LogP contribution in [-0.4, -0.2) is 49.0 Å². The Morgan fingerprint density at radius 1 is 1.32 bits per heavy atom. The van der Waals surface area contributed by atoms with E-state index in [1.165, 1.54) is 30.6 Å². The van der Waals surface area contributed by atoms with E-state index in [0.717, 1.165) is 30.4 Å². The van der Waals surface area contributed by atoms with E-state index in [1.54, 1.807) is 16.9 Å². The first kappa shape index (κ1) is 26.0. The van der Waals surface area contributed by atoms with E-state index in [1.807, 2.05) is 13.8 Å². The summed E-state index contributed by atoms with van der Waals surface area (Å²) in [5, 5.41) is 11.5. The molecule has 1 aliphatic heterocycles. The maximum Gasteiger partial charge on any atom is 0.271 e. The van der Waals surface area contributed by atoms with Gasteiger partial charge in [-0.05, 0) is 38.3 Å². The third-order valence-electron chi connectivity index (χ3n) is 6.72. The quantitative estimate of drug-likeness (QED) is 0.448. The van der Waals surface area contributed by atoms with Gasteiger partial charge in [0.25, 0.3) is 17.3 Å². The molecule has 3 aromatic rings. The van der Waals surface area contributed by atoms with Gasteiger partial charge in [-0.1, -0.05) is 25.7 Å². The smallest absolute Gasteiger partial charge is 0.271 e. The zero-order chi connectivity index (χ0) is 26.7. The van der Waals surface area contributed by atoms with Crippen LogP contribution in [0.25, 0.3) is 0 Å². The van der Waals surface area contributed by atoms with Gasteiger partial charge in [-0.15, -0.1) is 0 Å².